The number of carbonyl (C=O) groups is 1. The van der Waals surface area contributed by atoms with Gasteiger partial charge in [0.1, 0.15) is 12.8 Å². The summed E-state index contributed by atoms with van der Waals surface area (Å²) in [5, 5.41) is 2.18. The Bertz CT molecular complexity index is 894. The molecule has 1 amide bonds. The van der Waals surface area contributed by atoms with Crippen LogP contribution in [-0.4, -0.2) is 38.2 Å². The molecule has 2 aromatic rings. The van der Waals surface area contributed by atoms with E-state index in [0.717, 1.165) is 16.8 Å². The first-order valence-electron chi connectivity index (χ1n) is 8.72. The second-order valence-corrected chi connectivity index (χ2v) is 8.76. The largest absolute Gasteiger partial charge is 0.470 e. The molecule has 0 fully saturated rings. The molecule has 1 unspecified atom stereocenters. The molecule has 8 nitrogen and oxygen atoms in total. The number of carbonyl (C=O) groups excluding carboxylic acids is 1. The molecule has 5 N–H and O–H groups in total. The van der Waals surface area contributed by atoms with Crippen LogP contribution in [0.4, 0.5) is 4.39 Å². The summed E-state index contributed by atoms with van der Waals surface area (Å²) in [6.07, 6.45) is 0.155. The van der Waals surface area contributed by atoms with Crippen molar-refractivity contribution in [2.24, 2.45) is 5.73 Å². The summed E-state index contributed by atoms with van der Waals surface area (Å²) in [5.41, 5.74) is 8.27. The maximum absolute atomic E-state index is 13.6. The predicted octanol–water partition coefficient (Wildman–Crippen LogP) is 3.18. The second-order valence-electron chi connectivity index (χ2n) is 6.47. The molecule has 1 heterocycles. The fourth-order valence-corrected chi connectivity index (χ4v) is 3.36. The van der Waals surface area contributed by atoms with E-state index in [2.05, 4.69) is 10.3 Å². The summed E-state index contributed by atoms with van der Waals surface area (Å²) in [6, 6.07) is 8.29. The number of amides is 1. The number of nitrogens with one attached hydrogen (secondary N) is 1. The molecule has 30 heavy (non-hydrogen) atoms. The van der Waals surface area contributed by atoms with Crippen LogP contribution < -0.4 is 11.1 Å². The zero-order chi connectivity index (χ0) is 22.5. The maximum Gasteiger partial charge on any atom is 0.470 e. The zero-order valence-electron chi connectivity index (χ0n) is 15.8. The lowest BCUT2D eigenvalue weighted by Crippen LogP contribution is -2.43. The van der Waals surface area contributed by atoms with Gasteiger partial charge < -0.3 is 20.8 Å². The third-order valence-electron chi connectivity index (χ3n) is 4.13. The SMILES string of the molecule is CC(N)c1ccc(-c2ccc([C@@H](OP(=O)(O)O)[C@@H](CF)NC(=O)C(Cl)Cl)cc2)cn1. The van der Waals surface area contributed by atoms with E-state index >= 15 is 0 Å². The topological polar surface area (TPSA) is 135 Å². The quantitative estimate of drug-likeness (QED) is 0.320. The first-order chi connectivity index (χ1) is 14.0. The van der Waals surface area contributed by atoms with E-state index in [1.165, 1.54) is 12.1 Å². The van der Waals surface area contributed by atoms with Crippen molar-refractivity contribution in [1.29, 1.82) is 0 Å². The molecule has 12 heteroatoms. The van der Waals surface area contributed by atoms with Gasteiger partial charge in [-0.25, -0.2) is 8.96 Å². The molecule has 0 aliphatic rings. The summed E-state index contributed by atoms with van der Waals surface area (Å²) < 4.78 is 29.7. The highest BCUT2D eigenvalue weighted by Gasteiger charge is 2.33. The summed E-state index contributed by atoms with van der Waals surface area (Å²) in [5.74, 6) is -0.919. The number of benzene rings is 1. The van der Waals surface area contributed by atoms with Crippen LogP contribution in [0, 0.1) is 0 Å². The van der Waals surface area contributed by atoms with Gasteiger partial charge in [0.05, 0.1) is 11.7 Å². The Kier molecular flexibility index (Phi) is 8.75. The summed E-state index contributed by atoms with van der Waals surface area (Å²) in [7, 11) is -5.01. The Morgan fingerprint density at radius 1 is 1.23 bits per heavy atom. The fraction of sp³-hybridized carbons (Fsp3) is 0.333. The zero-order valence-corrected chi connectivity index (χ0v) is 18.2. The second kappa shape index (κ2) is 10.6. The summed E-state index contributed by atoms with van der Waals surface area (Å²) >= 11 is 10.9. The van der Waals surface area contributed by atoms with Crippen LogP contribution in [0.5, 0.6) is 0 Å². The van der Waals surface area contributed by atoms with E-state index in [4.69, 9.17) is 33.5 Å². The molecule has 2 rings (SSSR count). The van der Waals surface area contributed by atoms with Crippen LogP contribution in [-0.2, 0) is 13.9 Å². The highest BCUT2D eigenvalue weighted by Crippen LogP contribution is 2.44. The molecule has 1 aromatic carbocycles. The Balaban J connectivity index is 2.31. The lowest BCUT2D eigenvalue weighted by Gasteiger charge is -2.27. The molecular formula is C18H21Cl2FN3O5P. The molecular weight excluding hydrogens is 459 g/mol. The van der Waals surface area contributed by atoms with Crippen molar-refractivity contribution >= 4 is 36.9 Å². The molecule has 1 aromatic heterocycles. The van der Waals surface area contributed by atoms with Crippen LogP contribution in [0.15, 0.2) is 42.6 Å². The molecule has 0 aliphatic heterocycles. The minimum Gasteiger partial charge on any atom is -0.345 e. The van der Waals surface area contributed by atoms with Gasteiger partial charge in [-0.1, -0.05) is 53.5 Å². The molecule has 3 atom stereocenters. The Hall–Kier alpha value is -1.58. The number of hydrogen-bond donors (Lipinski definition) is 4. The first kappa shape index (κ1) is 24.7. The van der Waals surface area contributed by atoms with Gasteiger partial charge in [0.25, 0.3) is 5.91 Å². The minimum atomic E-state index is -5.01. The number of nitrogens with two attached hydrogens (primary N) is 1. The van der Waals surface area contributed by atoms with Crippen molar-refractivity contribution in [1.82, 2.24) is 10.3 Å². The third-order valence-corrected chi connectivity index (χ3v) is 5.03. The molecule has 0 aliphatic carbocycles. The number of nitrogens with zero attached hydrogens (tertiary/aromatic N) is 1. The Labute approximate surface area is 182 Å². The van der Waals surface area contributed by atoms with Crippen molar-refractivity contribution in [2.75, 3.05) is 6.67 Å². The number of rotatable bonds is 9. The van der Waals surface area contributed by atoms with E-state index in [1.54, 1.807) is 24.4 Å². The highest BCUT2D eigenvalue weighted by molar-refractivity contribution is 7.46. The lowest BCUT2D eigenvalue weighted by molar-refractivity contribution is -0.121. The van der Waals surface area contributed by atoms with Gasteiger partial charge in [0.15, 0.2) is 4.84 Å². The molecule has 0 bridgehead atoms. The smallest absolute Gasteiger partial charge is 0.345 e. The van der Waals surface area contributed by atoms with Gasteiger partial charge in [-0.2, -0.15) is 0 Å². The minimum absolute atomic E-state index is 0.208. The van der Waals surface area contributed by atoms with Crippen molar-refractivity contribution in [3.8, 4) is 11.1 Å². The van der Waals surface area contributed by atoms with Gasteiger partial charge in [-0.05, 0) is 24.1 Å². The number of halogens is 3. The molecule has 0 radical (unpaired) electrons. The monoisotopic (exact) mass is 479 g/mol. The fourth-order valence-electron chi connectivity index (χ4n) is 2.67. The van der Waals surface area contributed by atoms with Gasteiger partial charge >= 0.3 is 7.82 Å². The normalized spacial score (nSPS) is 14.9. The van der Waals surface area contributed by atoms with Gasteiger partial charge in [-0.15, -0.1) is 0 Å². The predicted molar refractivity (Wildman–Crippen MR) is 112 cm³/mol. The van der Waals surface area contributed by atoms with E-state index in [9.17, 15) is 23.5 Å². The highest BCUT2D eigenvalue weighted by atomic mass is 35.5. The standard InChI is InChI=1S/C18H21Cl2FN3O5P/c1-10(22)14-7-6-13(9-23-14)11-2-4-12(5-3-11)16(29-30(26,27)28)15(8-21)24-18(25)17(19)20/h2-7,9-10,15-17H,8,22H2,1H3,(H,24,25)(H2,26,27,28)/t10?,15-,16-/m1/s1. The van der Waals surface area contributed by atoms with Crippen LogP contribution in [0.3, 0.4) is 0 Å². The van der Waals surface area contributed by atoms with Crippen molar-refractivity contribution in [3.63, 3.8) is 0 Å². The number of aromatic nitrogens is 1. The average molecular weight is 480 g/mol. The van der Waals surface area contributed by atoms with E-state index in [-0.39, 0.29) is 11.6 Å². The molecule has 0 saturated carbocycles. The van der Waals surface area contributed by atoms with Gasteiger partial charge in [0, 0.05) is 17.8 Å². The van der Waals surface area contributed by atoms with Gasteiger partial charge in [-0.3, -0.25) is 14.3 Å². The number of hydrogen-bond acceptors (Lipinski definition) is 5. The molecule has 0 saturated heterocycles. The van der Waals surface area contributed by atoms with E-state index < -0.39 is 37.4 Å². The van der Waals surface area contributed by atoms with Crippen molar-refractivity contribution in [3.05, 3.63) is 53.9 Å². The van der Waals surface area contributed by atoms with Crippen LogP contribution in [0.1, 0.15) is 30.3 Å². The molecule has 164 valence electrons. The van der Waals surface area contributed by atoms with Crippen molar-refractivity contribution < 1.29 is 28.1 Å². The van der Waals surface area contributed by atoms with Crippen LogP contribution in [0.2, 0.25) is 0 Å². The lowest BCUT2D eigenvalue weighted by atomic mass is 9.99. The number of alkyl halides is 3. The number of pyridine rings is 1. The summed E-state index contributed by atoms with van der Waals surface area (Å²) in [4.78, 5) is 33.0. The Morgan fingerprint density at radius 3 is 2.27 bits per heavy atom. The van der Waals surface area contributed by atoms with Gasteiger partial charge in [0.2, 0.25) is 0 Å². The first-order valence-corrected chi connectivity index (χ1v) is 11.1. The summed E-state index contributed by atoms with van der Waals surface area (Å²) in [6.45, 7) is 0.635. The third kappa shape index (κ3) is 6.99. The van der Waals surface area contributed by atoms with Crippen LogP contribution >= 0.6 is 31.0 Å². The number of phosphoric ester groups is 1. The van der Waals surface area contributed by atoms with Crippen LogP contribution in [0.25, 0.3) is 11.1 Å². The Morgan fingerprint density at radius 2 is 1.83 bits per heavy atom. The van der Waals surface area contributed by atoms with E-state index in [0.29, 0.717) is 0 Å². The molecule has 0 spiro atoms. The average Bonchev–Trinajstić information content (AvgIpc) is 2.69. The maximum atomic E-state index is 13.6. The number of phosphoric acid groups is 1. The van der Waals surface area contributed by atoms with E-state index in [1.807, 2.05) is 13.0 Å². The van der Waals surface area contributed by atoms with Crippen molar-refractivity contribution in [2.45, 2.75) is 29.9 Å².